The van der Waals surface area contributed by atoms with Crippen LogP contribution in [0.4, 0.5) is 5.69 Å². The molecule has 0 heterocycles. The fourth-order valence-electron chi connectivity index (χ4n) is 5.65. The SMILES string of the molecule is CC(C)(C)c1cc(-c2cc(-c3ccccc3)c3c(c2)-c2ccc(N)cc2C3(C)C)cc(C(C)(C)C)c1. The van der Waals surface area contributed by atoms with Gasteiger partial charge in [0.1, 0.15) is 0 Å². The van der Waals surface area contributed by atoms with E-state index < -0.39 is 0 Å². The molecule has 0 saturated heterocycles. The minimum absolute atomic E-state index is 0.0706. The molecule has 0 spiro atoms. The minimum Gasteiger partial charge on any atom is -0.399 e. The molecule has 1 aliphatic rings. The van der Waals surface area contributed by atoms with Gasteiger partial charge in [0.15, 0.2) is 0 Å². The Hall–Kier alpha value is -3.32. The number of nitrogen functional groups attached to an aromatic ring is 1. The molecule has 5 rings (SSSR count). The van der Waals surface area contributed by atoms with Crippen molar-refractivity contribution in [3.8, 4) is 33.4 Å². The molecule has 36 heavy (non-hydrogen) atoms. The van der Waals surface area contributed by atoms with Crippen molar-refractivity contribution in [1.29, 1.82) is 0 Å². The summed E-state index contributed by atoms with van der Waals surface area (Å²) < 4.78 is 0. The predicted octanol–water partition coefficient (Wildman–Crippen LogP) is 9.50. The lowest BCUT2D eigenvalue weighted by molar-refractivity contribution is 0.569. The molecular formula is C35H39N. The van der Waals surface area contributed by atoms with Crippen molar-refractivity contribution in [1.82, 2.24) is 0 Å². The van der Waals surface area contributed by atoms with Gasteiger partial charge in [-0.15, -0.1) is 0 Å². The highest BCUT2D eigenvalue weighted by Gasteiger charge is 2.38. The van der Waals surface area contributed by atoms with E-state index in [1.807, 2.05) is 6.07 Å². The fraction of sp³-hybridized carbons (Fsp3) is 0.314. The zero-order chi connectivity index (χ0) is 26.0. The summed E-state index contributed by atoms with van der Waals surface area (Å²) in [6, 6.07) is 29.3. The molecule has 1 nitrogen and oxygen atoms in total. The molecule has 0 fully saturated rings. The lowest BCUT2D eigenvalue weighted by atomic mass is 9.76. The van der Waals surface area contributed by atoms with Gasteiger partial charge in [0.25, 0.3) is 0 Å². The Labute approximate surface area is 217 Å². The summed E-state index contributed by atoms with van der Waals surface area (Å²) in [6.07, 6.45) is 0. The van der Waals surface area contributed by atoms with Crippen LogP contribution in [0.5, 0.6) is 0 Å². The first-order valence-electron chi connectivity index (χ1n) is 13.1. The summed E-state index contributed by atoms with van der Waals surface area (Å²) in [5.41, 5.74) is 20.3. The van der Waals surface area contributed by atoms with Crippen LogP contribution in [0.25, 0.3) is 33.4 Å². The molecular weight excluding hydrogens is 434 g/mol. The van der Waals surface area contributed by atoms with E-state index in [2.05, 4.69) is 128 Å². The van der Waals surface area contributed by atoms with Crippen molar-refractivity contribution in [3.05, 3.63) is 101 Å². The lowest BCUT2D eigenvalue weighted by Crippen LogP contribution is -2.17. The Bertz CT molecular complexity index is 1430. The highest BCUT2D eigenvalue weighted by molar-refractivity contribution is 5.92. The maximum atomic E-state index is 6.27. The smallest absolute Gasteiger partial charge is 0.0317 e. The van der Waals surface area contributed by atoms with Gasteiger partial charge in [0, 0.05) is 11.1 Å². The Kier molecular flexibility index (Phi) is 5.48. The van der Waals surface area contributed by atoms with E-state index >= 15 is 0 Å². The molecule has 1 heteroatoms. The third-order valence-electron chi connectivity index (χ3n) is 7.85. The topological polar surface area (TPSA) is 26.0 Å². The van der Waals surface area contributed by atoms with Crippen LogP contribution in [0.1, 0.15) is 77.6 Å². The normalized spacial score (nSPS) is 14.4. The summed E-state index contributed by atoms with van der Waals surface area (Å²) in [7, 11) is 0. The molecule has 0 aromatic heterocycles. The summed E-state index contributed by atoms with van der Waals surface area (Å²) >= 11 is 0. The third kappa shape index (κ3) is 4.05. The van der Waals surface area contributed by atoms with E-state index in [1.165, 1.54) is 55.6 Å². The molecule has 0 radical (unpaired) electrons. The second-order valence-corrected chi connectivity index (χ2v) is 13.0. The average molecular weight is 474 g/mol. The summed E-state index contributed by atoms with van der Waals surface area (Å²) in [5.74, 6) is 0. The zero-order valence-corrected chi connectivity index (χ0v) is 23.1. The molecule has 0 saturated carbocycles. The van der Waals surface area contributed by atoms with Gasteiger partial charge in [-0.2, -0.15) is 0 Å². The molecule has 0 aliphatic heterocycles. The van der Waals surface area contributed by atoms with Crippen LogP contribution < -0.4 is 5.73 Å². The fourth-order valence-corrected chi connectivity index (χ4v) is 5.65. The van der Waals surface area contributed by atoms with E-state index in [9.17, 15) is 0 Å². The van der Waals surface area contributed by atoms with Crippen molar-refractivity contribution < 1.29 is 0 Å². The van der Waals surface area contributed by atoms with Gasteiger partial charge < -0.3 is 5.73 Å². The van der Waals surface area contributed by atoms with Crippen LogP contribution in [-0.2, 0) is 16.2 Å². The van der Waals surface area contributed by atoms with Gasteiger partial charge in [-0.05, 0) is 90.7 Å². The lowest BCUT2D eigenvalue weighted by Gasteiger charge is -2.27. The Balaban J connectivity index is 1.85. The molecule has 0 unspecified atom stereocenters. The Morgan fingerprint density at radius 1 is 0.556 bits per heavy atom. The number of fused-ring (bicyclic) bond motifs is 3. The van der Waals surface area contributed by atoms with Crippen molar-refractivity contribution in [2.24, 2.45) is 0 Å². The van der Waals surface area contributed by atoms with E-state index in [4.69, 9.17) is 5.73 Å². The van der Waals surface area contributed by atoms with Crippen LogP contribution in [0.2, 0.25) is 0 Å². The highest BCUT2D eigenvalue weighted by Crippen LogP contribution is 2.54. The molecule has 2 N–H and O–H groups in total. The second kappa shape index (κ2) is 8.10. The van der Waals surface area contributed by atoms with Crippen LogP contribution in [0, 0.1) is 0 Å². The van der Waals surface area contributed by atoms with E-state index in [-0.39, 0.29) is 16.2 Å². The first kappa shape index (κ1) is 24.4. The number of hydrogen-bond acceptors (Lipinski definition) is 1. The number of benzene rings is 4. The van der Waals surface area contributed by atoms with Crippen molar-refractivity contribution in [2.75, 3.05) is 5.73 Å². The minimum atomic E-state index is -0.131. The van der Waals surface area contributed by atoms with Gasteiger partial charge in [0.05, 0.1) is 0 Å². The molecule has 0 atom stereocenters. The van der Waals surface area contributed by atoms with Crippen molar-refractivity contribution in [2.45, 2.75) is 71.6 Å². The Morgan fingerprint density at radius 3 is 1.69 bits per heavy atom. The third-order valence-corrected chi connectivity index (χ3v) is 7.85. The largest absolute Gasteiger partial charge is 0.399 e. The monoisotopic (exact) mass is 473 g/mol. The number of nitrogens with two attached hydrogens (primary N) is 1. The molecule has 0 bridgehead atoms. The standard InChI is InChI=1S/C35H39N/c1-33(2,3)25-16-23(17-26(20-25)34(4,5)6)24-18-29(22-12-10-9-11-13-22)32-30(19-24)28-15-14-27(36)21-31(28)35(32,7)8/h9-21H,36H2,1-8H3. The number of hydrogen-bond donors (Lipinski definition) is 1. The summed E-state index contributed by atoms with van der Waals surface area (Å²) in [4.78, 5) is 0. The second-order valence-electron chi connectivity index (χ2n) is 13.0. The van der Waals surface area contributed by atoms with Crippen molar-refractivity contribution >= 4 is 5.69 Å². The maximum absolute atomic E-state index is 6.27. The van der Waals surface area contributed by atoms with Gasteiger partial charge in [-0.1, -0.05) is 110 Å². The number of anilines is 1. The summed E-state index contributed by atoms with van der Waals surface area (Å²) in [5, 5.41) is 0. The average Bonchev–Trinajstić information content (AvgIpc) is 3.04. The van der Waals surface area contributed by atoms with Gasteiger partial charge in [-0.25, -0.2) is 0 Å². The van der Waals surface area contributed by atoms with E-state index in [1.54, 1.807) is 0 Å². The molecule has 0 amide bonds. The molecule has 4 aromatic rings. The quantitative estimate of drug-likeness (QED) is 0.288. The van der Waals surface area contributed by atoms with Gasteiger partial charge >= 0.3 is 0 Å². The molecule has 184 valence electrons. The first-order chi connectivity index (χ1) is 16.8. The summed E-state index contributed by atoms with van der Waals surface area (Å²) in [6.45, 7) is 18.5. The maximum Gasteiger partial charge on any atom is 0.0317 e. The first-order valence-corrected chi connectivity index (χ1v) is 13.1. The van der Waals surface area contributed by atoms with Crippen LogP contribution >= 0.6 is 0 Å². The molecule has 1 aliphatic carbocycles. The van der Waals surface area contributed by atoms with Crippen LogP contribution in [0.3, 0.4) is 0 Å². The van der Waals surface area contributed by atoms with Gasteiger partial charge in [0.2, 0.25) is 0 Å². The molecule has 4 aromatic carbocycles. The van der Waals surface area contributed by atoms with E-state index in [0.717, 1.165) is 5.69 Å². The van der Waals surface area contributed by atoms with Crippen LogP contribution in [-0.4, -0.2) is 0 Å². The van der Waals surface area contributed by atoms with Crippen molar-refractivity contribution in [3.63, 3.8) is 0 Å². The van der Waals surface area contributed by atoms with Crippen LogP contribution in [0.15, 0.2) is 78.9 Å². The predicted molar refractivity (Wildman–Crippen MR) is 157 cm³/mol. The number of rotatable bonds is 2. The Morgan fingerprint density at radius 2 is 1.11 bits per heavy atom. The zero-order valence-electron chi connectivity index (χ0n) is 23.1. The van der Waals surface area contributed by atoms with E-state index in [0.29, 0.717) is 0 Å². The highest BCUT2D eigenvalue weighted by atomic mass is 14.6. The van der Waals surface area contributed by atoms with Gasteiger partial charge in [-0.3, -0.25) is 0 Å².